The van der Waals surface area contributed by atoms with Gasteiger partial charge in [-0.05, 0) is 51.1 Å². The highest BCUT2D eigenvalue weighted by atomic mass is 16.5. The second-order valence-corrected chi connectivity index (χ2v) is 5.12. The summed E-state index contributed by atoms with van der Waals surface area (Å²) in [6, 6.07) is 15.3. The highest BCUT2D eigenvalue weighted by Crippen LogP contribution is 2.27. The smallest absolute Gasteiger partial charge is 0.120 e. The summed E-state index contributed by atoms with van der Waals surface area (Å²) in [7, 11) is 0. The molecule has 2 aromatic carbocycles. The lowest BCUT2D eigenvalue weighted by Crippen LogP contribution is -2.07. The average molecular weight is 271 g/mol. The van der Waals surface area contributed by atoms with Gasteiger partial charge in [-0.3, -0.25) is 0 Å². The van der Waals surface area contributed by atoms with Crippen LogP contribution in [-0.4, -0.2) is 11.2 Å². The Labute approximate surface area is 120 Å². The lowest BCUT2D eigenvalue weighted by atomic mass is 10.1. The normalized spacial score (nSPS) is 12.2. The molecule has 0 radical (unpaired) electrons. The fraction of sp³-hybridized carbons (Fsp3) is 0.294. The summed E-state index contributed by atoms with van der Waals surface area (Å²) in [6.45, 7) is 6.03. The van der Waals surface area contributed by atoms with E-state index in [2.05, 4.69) is 5.32 Å². The topological polar surface area (TPSA) is 41.5 Å². The first-order valence-electron chi connectivity index (χ1n) is 6.87. The van der Waals surface area contributed by atoms with E-state index in [0.29, 0.717) is 5.75 Å². The van der Waals surface area contributed by atoms with Crippen LogP contribution in [0.2, 0.25) is 0 Å². The van der Waals surface area contributed by atoms with Gasteiger partial charge in [0.05, 0.1) is 12.1 Å². The highest BCUT2D eigenvalue weighted by molar-refractivity contribution is 5.49. The van der Waals surface area contributed by atoms with Gasteiger partial charge in [0.2, 0.25) is 0 Å². The van der Waals surface area contributed by atoms with Crippen molar-refractivity contribution in [1.82, 2.24) is 0 Å². The fourth-order valence-corrected chi connectivity index (χ4v) is 2.08. The molecule has 3 heteroatoms. The van der Waals surface area contributed by atoms with Gasteiger partial charge >= 0.3 is 0 Å². The van der Waals surface area contributed by atoms with E-state index in [-0.39, 0.29) is 12.1 Å². The summed E-state index contributed by atoms with van der Waals surface area (Å²) >= 11 is 0. The zero-order chi connectivity index (χ0) is 14.5. The van der Waals surface area contributed by atoms with E-state index in [1.807, 2.05) is 63.2 Å². The van der Waals surface area contributed by atoms with Gasteiger partial charge in [-0.15, -0.1) is 0 Å². The van der Waals surface area contributed by atoms with E-state index < -0.39 is 0 Å². The van der Waals surface area contributed by atoms with Crippen LogP contribution in [0.3, 0.4) is 0 Å². The van der Waals surface area contributed by atoms with Gasteiger partial charge in [-0.1, -0.05) is 18.2 Å². The Kier molecular flexibility index (Phi) is 4.51. The predicted molar refractivity (Wildman–Crippen MR) is 82.4 cm³/mol. The van der Waals surface area contributed by atoms with Crippen molar-refractivity contribution >= 4 is 5.69 Å². The second-order valence-electron chi connectivity index (χ2n) is 5.12. The lowest BCUT2D eigenvalue weighted by Gasteiger charge is -2.17. The molecule has 0 saturated heterocycles. The van der Waals surface area contributed by atoms with Crippen LogP contribution in [0, 0.1) is 0 Å². The maximum atomic E-state index is 9.84. The number of ether oxygens (including phenoxy) is 1. The molecule has 2 aromatic rings. The first kappa shape index (κ1) is 14.3. The van der Waals surface area contributed by atoms with E-state index in [1.165, 1.54) is 0 Å². The number of hydrogen-bond donors (Lipinski definition) is 2. The van der Waals surface area contributed by atoms with E-state index >= 15 is 0 Å². The van der Waals surface area contributed by atoms with Crippen LogP contribution in [0.1, 0.15) is 32.4 Å². The summed E-state index contributed by atoms with van der Waals surface area (Å²) in [6.07, 6.45) is 0.175. The zero-order valence-corrected chi connectivity index (χ0v) is 12.1. The van der Waals surface area contributed by atoms with Gasteiger partial charge in [0.15, 0.2) is 0 Å². The van der Waals surface area contributed by atoms with E-state index in [1.54, 1.807) is 6.07 Å². The van der Waals surface area contributed by atoms with Crippen molar-refractivity contribution < 1.29 is 9.84 Å². The van der Waals surface area contributed by atoms with Crippen LogP contribution in [0.25, 0.3) is 0 Å². The molecule has 0 aliphatic rings. The van der Waals surface area contributed by atoms with Crippen molar-refractivity contribution in [3.63, 3.8) is 0 Å². The minimum Gasteiger partial charge on any atom is -0.508 e. The van der Waals surface area contributed by atoms with E-state index in [4.69, 9.17) is 4.74 Å². The van der Waals surface area contributed by atoms with Crippen molar-refractivity contribution in [2.24, 2.45) is 0 Å². The van der Waals surface area contributed by atoms with E-state index in [9.17, 15) is 5.11 Å². The molecule has 3 nitrogen and oxygen atoms in total. The van der Waals surface area contributed by atoms with Crippen molar-refractivity contribution in [2.75, 3.05) is 5.32 Å². The Morgan fingerprint density at radius 2 is 1.60 bits per heavy atom. The molecule has 0 aliphatic carbocycles. The van der Waals surface area contributed by atoms with Gasteiger partial charge in [0, 0.05) is 11.3 Å². The number of nitrogens with one attached hydrogen (secondary N) is 1. The van der Waals surface area contributed by atoms with Gasteiger partial charge < -0.3 is 15.2 Å². The van der Waals surface area contributed by atoms with Crippen molar-refractivity contribution in [2.45, 2.75) is 32.9 Å². The van der Waals surface area contributed by atoms with Crippen molar-refractivity contribution in [1.29, 1.82) is 0 Å². The third-order valence-corrected chi connectivity index (χ3v) is 3.01. The minimum absolute atomic E-state index is 0.0352. The maximum absolute atomic E-state index is 9.84. The molecular formula is C17H21NO2. The van der Waals surface area contributed by atoms with Crippen LogP contribution < -0.4 is 10.1 Å². The van der Waals surface area contributed by atoms with Crippen LogP contribution in [-0.2, 0) is 0 Å². The summed E-state index contributed by atoms with van der Waals surface area (Å²) < 4.78 is 5.61. The molecule has 0 saturated carbocycles. The molecular weight excluding hydrogens is 250 g/mol. The van der Waals surface area contributed by atoms with Crippen LogP contribution >= 0.6 is 0 Å². The molecule has 0 heterocycles. The number of para-hydroxylation sites is 1. The quantitative estimate of drug-likeness (QED) is 0.849. The zero-order valence-electron chi connectivity index (χ0n) is 12.1. The largest absolute Gasteiger partial charge is 0.508 e. The average Bonchev–Trinajstić information content (AvgIpc) is 2.41. The lowest BCUT2D eigenvalue weighted by molar-refractivity contribution is 0.242. The highest BCUT2D eigenvalue weighted by Gasteiger charge is 2.09. The van der Waals surface area contributed by atoms with Gasteiger partial charge in [0.1, 0.15) is 11.5 Å². The van der Waals surface area contributed by atoms with Crippen LogP contribution in [0.4, 0.5) is 5.69 Å². The van der Waals surface area contributed by atoms with E-state index in [0.717, 1.165) is 17.0 Å². The third kappa shape index (κ3) is 3.67. The van der Waals surface area contributed by atoms with Crippen LogP contribution in [0.15, 0.2) is 48.5 Å². The second kappa shape index (κ2) is 6.33. The molecule has 1 atom stereocenters. The van der Waals surface area contributed by atoms with Gasteiger partial charge in [-0.2, -0.15) is 0 Å². The molecule has 0 spiro atoms. The Balaban J connectivity index is 2.05. The van der Waals surface area contributed by atoms with Crippen LogP contribution in [0.5, 0.6) is 11.5 Å². The minimum atomic E-state index is 0.0352. The van der Waals surface area contributed by atoms with Gasteiger partial charge in [-0.25, -0.2) is 0 Å². The summed E-state index contributed by atoms with van der Waals surface area (Å²) in [5.74, 6) is 1.17. The molecule has 0 fully saturated rings. The monoisotopic (exact) mass is 271 g/mol. The molecule has 1 unspecified atom stereocenters. The number of phenolic OH excluding ortho intramolecular Hbond substituents is 1. The molecule has 0 bridgehead atoms. The molecule has 0 aromatic heterocycles. The number of rotatable bonds is 5. The number of anilines is 1. The molecule has 0 amide bonds. The number of benzene rings is 2. The number of hydrogen-bond acceptors (Lipinski definition) is 3. The SMILES string of the molecule is CC(C)Oc1ccc(NC(C)c2ccccc2O)cc1. The first-order valence-corrected chi connectivity index (χ1v) is 6.87. The summed E-state index contributed by atoms with van der Waals surface area (Å²) in [5.41, 5.74) is 1.88. The molecule has 2 N–H and O–H groups in total. The van der Waals surface area contributed by atoms with Crippen molar-refractivity contribution in [3.8, 4) is 11.5 Å². The standard InChI is InChI=1S/C17H21NO2/c1-12(2)20-15-10-8-14(9-11-15)18-13(3)16-6-4-5-7-17(16)19/h4-13,18-19H,1-3H3. The van der Waals surface area contributed by atoms with Gasteiger partial charge in [0.25, 0.3) is 0 Å². The molecule has 20 heavy (non-hydrogen) atoms. The molecule has 106 valence electrons. The summed E-state index contributed by atoms with van der Waals surface area (Å²) in [5, 5.41) is 13.2. The Morgan fingerprint density at radius 1 is 0.950 bits per heavy atom. The Morgan fingerprint density at radius 3 is 2.20 bits per heavy atom. The number of aromatic hydroxyl groups is 1. The predicted octanol–water partition coefficient (Wildman–Crippen LogP) is 4.35. The number of phenols is 1. The Bertz CT molecular complexity index is 549. The first-order chi connectivity index (χ1) is 9.56. The molecule has 0 aliphatic heterocycles. The maximum Gasteiger partial charge on any atom is 0.120 e. The molecule has 2 rings (SSSR count). The third-order valence-electron chi connectivity index (χ3n) is 3.01. The summed E-state index contributed by atoms with van der Waals surface area (Å²) in [4.78, 5) is 0. The Hall–Kier alpha value is -2.16. The fourth-order valence-electron chi connectivity index (χ4n) is 2.08. The van der Waals surface area contributed by atoms with Crippen molar-refractivity contribution in [3.05, 3.63) is 54.1 Å².